The van der Waals surface area contributed by atoms with E-state index in [4.69, 9.17) is 9.40 Å². The molecule has 8 rings (SSSR count). The molecule has 1 aliphatic rings. The second kappa shape index (κ2) is 17.8. The number of nitrogens with zero attached hydrogens (tertiary/aromatic N) is 2. The van der Waals surface area contributed by atoms with Gasteiger partial charge >= 0.3 is 0 Å². The van der Waals surface area contributed by atoms with Crippen molar-refractivity contribution in [2.75, 3.05) is 0 Å². The van der Waals surface area contributed by atoms with Gasteiger partial charge in [0, 0.05) is 43.3 Å². The van der Waals surface area contributed by atoms with Crippen molar-refractivity contribution in [2.45, 2.75) is 97.3 Å². The van der Waals surface area contributed by atoms with E-state index < -0.39 is 0 Å². The molecule has 1 radical (unpaired) electrons. The number of pyridine rings is 2. The van der Waals surface area contributed by atoms with Gasteiger partial charge in [0.15, 0.2) is 0 Å². The van der Waals surface area contributed by atoms with Crippen LogP contribution in [0, 0.1) is 25.0 Å². The zero-order valence-corrected chi connectivity index (χ0v) is 34.8. The summed E-state index contributed by atoms with van der Waals surface area (Å²) in [5.74, 6) is 1.33. The molecular weight excluding hydrogens is 837 g/mol. The van der Waals surface area contributed by atoms with E-state index in [1.165, 1.54) is 66.3 Å². The fourth-order valence-corrected chi connectivity index (χ4v) is 8.35. The Bertz CT molecular complexity index is 2260. The van der Waals surface area contributed by atoms with Gasteiger partial charge in [0.2, 0.25) is 0 Å². The zero-order chi connectivity index (χ0) is 36.8. The summed E-state index contributed by atoms with van der Waals surface area (Å²) >= 11 is 0. The van der Waals surface area contributed by atoms with Crippen molar-refractivity contribution in [1.29, 1.82) is 0 Å². The van der Waals surface area contributed by atoms with Crippen LogP contribution >= 0.6 is 0 Å². The molecule has 3 nitrogen and oxygen atoms in total. The summed E-state index contributed by atoms with van der Waals surface area (Å²) in [7, 11) is 0. The van der Waals surface area contributed by atoms with Crippen LogP contribution in [0.1, 0.15) is 106 Å². The first-order valence-electron chi connectivity index (χ1n) is 19.7. The maximum atomic E-state index is 6.42. The first kappa shape index (κ1) is 39.3. The molecule has 0 aliphatic heterocycles. The van der Waals surface area contributed by atoms with E-state index in [-0.39, 0.29) is 25.5 Å². The van der Waals surface area contributed by atoms with E-state index in [1.807, 2.05) is 36.7 Å². The Morgan fingerprint density at radius 1 is 0.759 bits per heavy atom. The number of furan rings is 1. The van der Waals surface area contributed by atoms with Gasteiger partial charge < -0.3 is 14.4 Å². The fourth-order valence-electron chi connectivity index (χ4n) is 8.35. The topological polar surface area (TPSA) is 38.9 Å². The molecule has 1 aliphatic carbocycles. The van der Waals surface area contributed by atoms with E-state index in [9.17, 15) is 0 Å². The zero-order valence-electron chi connectivity index (χ0n) is 32.4. The first-order valence-corrected chi connectivity index (χ1v) is 19.7. The van der Waals surface area contributed by atoms with Gasteiger partial charge in [0.1, 0.15) is 5.58 Å². The molecular formula is C50H52IrN2O-2. The summed E-state index contributed by atoms with van der Waals surface area (Å²) in [4.78, 5) is 9.33. The van der Waals surface area contributed by atoms with Crippen LogP contribution in [-0.4, -0.2) is 9.97 Å². The number of benzene rings is 4. The standard InChI is InChI=1S/C31H30NO.C19H22N.Ir/c1-5-31(6-2,23-11-8-7-9-12-23)24-17-18-32-28(20-24)27-14-10-13-26-25-16-15-22(21(3)4)19-29(25)33-30(26)27;1-15-14-20-19(17-10-6-3-7-11-17)13-18(15)12-16-8-4-2-5-9-16;/h7-13,15-21H,5-6H2,1-4H3;3,6-7,10,13-14,16H,2,4-5,8-9,12H2,1H3;/q2*-1;. The number of hydrogen-bond donors (Lipinski definition) is 0. The molecule has 0 unspecified atom stereocenters. The van der Waals surface area contributed by atoms with Crippen molar-refractivity contribution < 1.29 is 24.5 Å². The van der Waals surface area contributed by atoms with Gasteiger partial charge in [0.25, 0.3) is 0 Å². The first-order chi connectivity index (χ1) is 25.9. The molecule has 4 aromatic carbocycles. The van der Waals surface area contributed by atoms with Gasteiger partial charge in [-0.1, -0.05) is 131 Å². The normalized spacial score (nSPS) is 13.4. The van der Waals surface area contributed by atoms with Crippen molar-refractivity contribution in [1.82, 2.24) is 9.97 Å². The molecule has 1 fully saturated rings. The number of aryl methyl sites for hydroxylation is 1. The second-order valence-electron chi connectivity index (χ2n) is 15.2. The Kier molecular flexibility index (Phi) is 13.0. The summed E-state index contributed by atoms with van der Waals surface area (Å²) in [6.07, 6.45) is 14.3. The average molecular weight is 889 g/mol. The molecule has 3 aromatic heterocycles. The van der Waals surface area contributed by atoms with Crippen molar-refractivity contribution in [2.24, 2.45) is 5.92 Å². The minimum Gasteiger partial charge on any atom is -0.501 e. The fraction of sp³-hybridized carbons (Fsp3) is 0.320. The largest absolute Gasteiger partial charge is 0.501 e. The summed E-state index contributed by atoms with van der Waals surface area (Å²) in [6.45, 7) is 11.1. The predicted octanol–water partition coefficient (Wildman–Crippen LogP) is 13.7. The Labute approximate surface area is 336 Å². The second-order valence-corrected chi connectivity index (χ2v) is 15.2. The minimum absolute atomic E-state index is 0. The van der Waals surface area contributed by atoms with Gasteiger partial charge in [0.05, 0.1) is 5.58 Å². The molecule has 0 saturated heterocycles. The summed E-state index contributed by atoms with van der Waals surface area (Å²) in [6, 6.07) is 42.9. The van der Waals surface area contributed by atoms with Crippen LogP contribution in [0.4, 0.5) is 0 Å². The van der Waals surface area contributed by atoms with Gasteiger partial charge in [-0.3, -0.25) is 0 Å². The number of aromatic nitrogens is 2. The Hall–Kier alpha value is -4.37. The SMILES string of the molecule is CCC(CC)(c1ccccc1)c1ccnc(-c2[c-]ccc3c2oc2cc(C(C)C)ccc23)c1.Cc1cnc(-c2[c-]cccc2)cc1CC1CCCCC1.[Ir]. The number of fused-ring (bicyclic) bond motifs is 3. The molecule has 0 atom stereocenters. The molecule has 279 valence electrons. The van der Waals surface area contributed by atoms with Crippen molar-refractivity contribution in [3.8, 4) is 22.5 Å². The number of rotatable bonds is 9. The smallest absolute Gasteiger partial charge is 0.121 e. The van der Waals surface area contributed by atoms with Gasteiger partial charge in [-0.2, -0.15) is 0 Å². The third-order valence-electron chi connectivity index (χ3n) is 11.7. The molecule has 0 amide bonds. The van der Waals surface area contributed by atoms with Gasteiger partial charge in [-0.25, -0.2) is 0 Å². The van der Waals surface area contributed by atoms with Gasteiger partial charge in [-0.15, -0.1) is 54.1 Å². The average Bonchev–Trinajstić information content (AvgIpc) is 3.59. The molecule has 3 heterocycles. The Morgan fingerprint density at radius 3 is 2.26 bits per heavy atom. The van der Waals surface area contributed by atoms with Gasteiger partial charge in [-0.05, 0) is 83.8 Å². The van der Waals surface area contributed by atoms with E-state index in [2.05, 4.69) is 131 Å². The molecule has 54 heavy (non-hydrogen) atoms. The van der Waals surface area contributed by atoms with Crippen molar-refractivity contribution >= 4 is 21.9 Å². The third-order valence-corrected chi connectivity index (χ3v) is 11.7. The van der Waals surface area contributed by atoms with E-state index in [1.54, 1.807) is 0 Å². The monoisotopic (exact) mass is 889 g/mol. The van der Waals surface area contributed by atoms with Crippen molar-refractivity contribution in [3.05, 3.63) is 155 Å². The molecule has 7 aromatic rings. The maximum Gasteiger partial charge on any atom is 0.121 e. The predicted molar refractivity (Wildman–Crippen MR) is 221 cm³/mol. The molecule has 4 heteroatoms. The quantitative estimate of drug-likeness (QED) is 0.136. The number of hydrogen-bond acceptors (Lipinski definition) is 3. The molecule has 0 N–H and O–H groups in total. The molecule has 0 spiro atoms. The Balaban J connectivity index is 0.000000203. The van der Waals surface area contributed by atoms with E-state index in [0.717, 1.165) is 63.2 Å². The van der Waals surface area contributed by atoms with Crippen LogP contribution in [0.5, 0.6) is 0 Å². The van der Waals surface area contributed by atoms with E-state index in [0.29, 0.717) is 5.92 Å². The van der Waals surface area contributed by atoms with Crippen LogP contribution in [0.25, 0.3) is 44.5 Å². The van der Waals surface area contributed by atoms with Crippen LogP contribution in [0.2, 0.25) is 0 Å². The molecule has 1 saturated carbocycles. The summed E-state index contributed by atoms with van der Waals surface area (Å²) < 4.78 is 6.42. The molecule has 0 bridgehead atoms. The maximum absolute atomic E-state index is 6.42. The third kappa shape index (κ3) is 8.31. The summed E-state index contributed by atoms with van der Waals surface area (Å²) in [5.41, 5.74) is 12.4. The Morgan fingerprint density at radius 2 is 1.54 bits per heavy atom. The van der Waals surface area contributed by atoms with Crippen molar-refractivity contribution in [3.63, 3.8) is 0 Å². The van der Waals surface area contributed by atoms with Crippen LogP contribution in [0.15, 0.2) is 120 Å². The summed E-state index contributed by atoms with van der Waals surface area (Å²) in [5, 5.41) is 2.25. The minimum atomic E-state index is -0.0487. The van der Waals surface area contributed by atoms with Crippen LogP contribution < -0.4 is 0 Å². The van der Waals surface area contributed by atoms with Crippen LogP contribution in [-0.2, 0) is 31.9 Å². The van der Waals surface area contributed by atoms with E-state index >= 15 is 0 Å². The van der Waals surface area contributed by atoms with Crippen LogP contribution in [0.3, 0.4) is 0 Å².